The van der Waals surface area contributed by atoms with Crippen LogP contribution in [0.15, 0.2) is 30.3 Å². The molecule has 2 aliphatic heterocycles. The van der Waals surface area contributed by atoms with Gasteiger partial charge in [0.1, 0.15) is 17.6 Å². The first-order chi connectivity index (χ1) is 15.0. The van der Waals surface area contributed by atoms with Crippen LogP contribution in [0.2, 0.25) is 0 Å². The van der Waals surface area contributed by atoms with Gasteiger partial charge in [-0.3, -0.25) is 9.89 Å². The largest absolute Gasteiger partial charge is 0.472 e. The van der Waals surface area contributed by atoms with E-state index in [1.54, 1.807) is 11.0 Å². The molecule has 1 amide bonds. The molecule has 3 aromatic rings. The number of likely N-dealkylation sites (tertiary alicyclic amines) is 1. The Bertz CT molecular complexity index is 1110. The summed E-state index contributed by atoms with van der Waals surface area (Å²) in [5, 5.41) is 7.19. The molecule has 160 valence electrons. The Labute approximate surface area is 179 Å². The minimum Gasteiger partial charge on any atom is -0.472 e. The molecule has 0 spiro atoms. The summed E-state index contributed by atoms with van der Waals surface area (Å²) in [5.74, 6) is 2.52. The number of aryl methyl sites for hydroxylation is 2. The normalized spacial score (nSPS) is 17.6. The monoisotopic (exact) mass is 421 g/mol. The van der Waals surface area contributed by atoms with Gasteiger partial charge >= 0.3 is 0 Å². The third kappa shape index (κ3) is 4.03. The Hall–Kier alpha value is -3.62. The van der Waals surface area contributed by atoms with E-state index in [0.717, 1.165) is 24.1 Å². The summed E-state index contributed by atoms with van der Waals surface area (Å²) < 4.78 is 16.8. The van der Waals surface area contributed by atoms with Gasteiger partial charge in [0, 0.05) is 23.9 Å². The number of ether oxygens (including phenoxy) is 3. The second-order valence-electron chi connectivity index (χ2n) is 7.76. The summed E-state index contributed by atoms with van der Waals surface area (Å²) in [4.78, 5) is 23.5. The number of amides is 1. The topological polar surface area (TPSA) is 102 Å². The molecule has 2 aliphatic rings. The fourth-order valence-corrected chi connectivity index (χ4v) is 3.94. The highest BCUT2D eigenvalue weighted by Crippen LogP contribution is 2.35. The fourth-order valence-electron chi connectivity index (χ4n) is 3.94. The van der Waals surface area contributed by atoms with Gasteiger partial charge in [0.2, 0.25) is 12.7 Å². The molecule has 2 aromatic heterocycles. The summed E-state index contributed by atoms with van der Waals surface area (Å²) in [6.07, 6.45) is 1.63. The van der Waals surface area contributed by atoms with Crippen molar-refractivity contribution in [3.63, 3.8) is 0 Å². The predicted molar refractivity (Wildman–Crippen MR) is 111 cm³/mol. The number of nitrogens with zero attached hydrogens (tertiary/aromatic N) is 4. The number of H-pyrrole nitrogens is 1. The van der Waals surface area contributed by atoms with E-state index in [9.17, 15) is 4.79 Å². The van der Waals surface area contributed by atoms with E-state index in [-0.39, 0.29) is 18.8 Å². The first kappa shape index (κ1) is 19.3. The average Bonchev–Trinajstić information content (AvgIpc) is 3.42. The van der Waals surface area contributed by atoms with Crippen LogP contribution in [-0.4, -0.2) is 57.0 Å². The zero-order valence-corrected chi connectivity index (χ0v) is 17.4. The summed E-state index contributed by atoms with van der Waals surface area (Å²) >= 11 is 0. The van der Waals surface area contributed by atoms with Gasteiger partial charge in [-0.15, -0.1) is 0 Å². The lowest BCUT2D eigenvalue weighted by Gasteiger charge is -2.32. The SMILES string of the molecule is Cc1cc(O[C@@H]2CCCN(C(=O)c3cc(-c4ccc5c(c4)OCO5)n[nH]3)C2)nc(C)n1. The Morgan fingerprint density at radius 1 is 1.16 bits per heavy atom. The Balaban J connectivity index is 1.28. The van der Waals surface area contributed by atoms with E-state index in [1.165, 1.54) is 0 Å². The molecular formula is C22H23N5O4. The molecule has 1 N–H and O–H groups in total. The molecule has 31 heavy (non-hydrogen) atoms. The van der Waals surface area contributed by atoms with Crippen LogP contribution in [0, 0.1) is 13.8 Å². The molecule has 0 bridgehead atoms. The van der Waals surface area contributed by atoms with Crippen molar-refractivity contribution in [1.29, 1.82) is 0 Å². The first-order valence-corrected chi connectivity index (χ1v) is 10.3. The minimum absolute atomic E-state index is 0.0946. The molecule has 9 heteroatoms. The van der Waals surface area contributed by atoms with Crippen molar-refractivity contribution in [1.82, 2.24) is 25.1 Å². The van der Waals surface area contributed by atoms with Crippen molar-refractivity contribution >= 4 is 5.91 Å². The molecular weight excluding hydrogens is 398 g/mol. The summed E-state index contributed by atoms with van der Waals surface area (Å²) in [5.41, 5.74) is 2.84. The molecule has 1 atom stereocenters. The van der Waals surface area contributed by atoms with Crippen LogP contribution in [0.5, 0.6) is 17.4 Å². The van der Waals surface area contributed by atoms with Crippen molar-refractivity contribution in [3.05, 3.63) is 47.5 Å². The quantitative estimate of drug-likeness (QED) is 0.691. The minimum atomic E-state index is -0.109. The second kappa shape index (κ2) is 7.90. The number of carbonyl (C=O) groups is 1. The van der Waals surface area contributed by atoms with Crippen molar-refractivity contribution in [3.8, 4) is 28.6 Å². The van der Waals surface area contributed by atoms with Gasteiger partial charge in [0.25, 0.3) is 5.91 Å². The molecule has 0 radical (unpaired) electrons. The maximum Gasteiger partial charge on any atom is 0.272 e. The highest BCUT2D eigenvalue weighted by atomic mass is 16.7. The molecule has 1 fully saturated rings. The molecule has 0 unspecified atom stereocenters. The highest BCUT2D eigenvalue weighted by Gasteiger charge is 2.27. The van der Waals surface area contributed by atoms with E-state index >= 15 is 0 Å². The number of carbonyl (C=O) groups excluding carboxylic acids is 1. The lowest BCUT2D eigenvalue weighted by Crippen LogP contribution is -2.44. The van der Waals surface area contributed by atoms with E-state index in [0.29, 0.717) is 47.7 Å². The number of piperidine rings is 1. The molecule has 0 aliphatic carbocycles. The maximum atomic E-state index is 13.1. The van der Waals surface area contributed by atoms with Gasteiger partial charge in [0.15, 0.2) is 11.5 Å². The summed E-state index contributed by atoms with van der Waals surface area (Å²) in [7, 11) is 0. The fraction of sp³-hybridized carbons (Fsp3) is 0.364. The molecule has 9 nitrogen and oxygen atoms in total. The van der Waals surface area contributed by atoms with Gasteiger partial charge in [-0.2, -0.15) is 10.1 Å². The number of hydrogen-bond acceptors (Lipinski definition) is 7. The standard InChI is InChI=1S/C22H23N5O4/c1-13-8-21(24-14(2)23-13)31-16-4-3-7-27(11-16)22(28)18-10-17(25-26-18)15-5-6-19-20(9-15)30-12-29-19/h5-6,8-10,16H,3-4,7,11-12H2,1-2H3,(H,25,26)/t16-/m1/s1. The Kier molecular flexibility index (Phi) is 4.93. The Morgan fingerprint density at radius 3 is 2.90 bits per heavy atom. The van der Waals surface area contributed by atoms with E-state index in [1.807, 2.05) is 38.1 Å². The third-order valence-electron chi connectivity index (χ3n) is 5.37. The molecule has 1 aromatic carbocycles. The number of nitrogens with one attached hydrogen (secondary N) is 1. The van der Waals surface area contributed by atoms with Crippen molar-refractivity contribution in [2.24, 2.45) is 0 Å². The Morgan fingerprint density at radius 2 is 2.03 bits per heavy atom. The number of benzene rings is 1. The second-order valence-corrected chi connectivity index (χ2v) is 7.76. The van der Waals surface area contributed by atoms with Crippen molar-refractivity contribution in [2.45, 2.75) is 32.8 Å². The number of fused-ring (bicyclic) bond motifs is 1. The van der Waals surface area contributed by atoms with Gasteiger partial charge in [0.05, 0.1) is 12.2 Å². The van der Waals surface area contributed by atoms with Crippen LogP contribution < -0.4 is 14.2 Å². The van der Waals surface area contributed by atoms with Crippen molar-refractivity contribution < 1.29 is 19.0 Å². The number of aromatic amines is 1. The van der Waals surface area contributed by atoms with Gasteiger partial charge in [-0.1, -0.05) is 0 Å². The smallest absolute Gasteiger partial charge is 0.272 e. The van der Waals surface area contributed by atoms with Crippen molar-refractivity contribution in [2.75, 3.05) is 19.9 Å². The van der Waals surface area contributed by atoms with Crippen LogP contribution in [-0.2, 0) is 0 Å². The van der Waals surface area contributed by atoms with E-state index < -0.39 is 0 Å². The summed E-state index contributed by atoms with van der Waals surface area (Å²) in [6.45, 7) is 5.15. The molecule has 4 heterocycles. The number of aromatic nitrogens is 4. The van der Waals surface area contributed by atoms with Gasteiger partial charge in [-0.05, 0) is 51.0 Å². The highest BCUT2D eigenvalue weighted by molar-refractivity contribution is 5.93. The lowest BCUT2D eigenvalue weighted by molar-refractivity contribution is 0.0521. The zero-order chi connectivity index (χ0) is 21.4. The molecule has 5 rings (SSSR count). The van der Waals surface area contributed by atoms with Gasteiger partial charge < -0.3 is 19.1 Å². The average molecular weight is 421 g/mol. The molecule has 0 saturated carbocycles. The zero-order valence-electron chi connectivity index (χ0n) is 17.4. The van der Waals surface area contributed by atoms with Crippen LogP contribution in [0.4, 0.5) is 0 Å². The number of rotatable bonds is 4. The van der Waals surface area contributed by atoms with Crippen LogP contribution in [0.1, 0.15) is 34.8 Å². The van der Waals surface area contributed by atoms with Crippen LogP contribution in [0.3, 0.4) is 0 Å². The maximum absolute atomic E-state index is 13.1. The first-order valence-electron chi connectivity index (χ1n) is 10.3. The van der Waals surface area contributed by atoms with E-state index in [2.05, 4.69) is 20.2 Å². The van der Waals surface area contributed by atoms with Crippen LogP contribution >= 0.6 is 0 Å². The number of hydrogen-bond donors (Lipinski definition) is 1. The van der Waals surface area contributed by atoms with E-state index in [4.69, 9.17) is 14.2 Å². The van der Waals surface area contributed by atoms with Crippen LogP contribution in [0.25, 0.3) is 11.3 Å². The summed E-state index contributed by atoms with van der Waals surface area (Å²) in [6, 6.07) is 9.19. The lowest BCUT2D eigenvalue weighted by atomic mass is 10.1. The third-order valence-corrected chi connectivity index (χ3v) is 5.37. The predicted octanol–water partition coefficient (Wildman–Crippen LogP) is 2.90. The molecule has 1 saturated heterocycles. The van der Waals surface area contributed by atoms with Gasteiger partial charge in [-0.25, -0.2) is 4.98 Å².